The van der Waals surface area contributed by atoms with Gasteiger partial charge in [-0.05, 0) is 43.9 Å². The lowest BCUT2D eigenvalue weighted by Gasteiger charge is -2.15. The standard InChI is InChI=1S/C18H24NO2P/c1-13-6-8-17(15(9-13)11-19-3)22-18-10-14(2)5-7-16(18)21-12-20-4/h5-10,19,22H,11-12H2,1-4H3. The normalized spacial score (nSPS) is 11.3. The highest BCUT2D eigenvalue weighted by atomic mass is 31.1. The highest BCUT2D eigenvalue weighted by molar-refractivity contribution is 7.55. The average Bonchev–Trinajstić information content (AvgIpc) is 2.49. The summed E-state index contributed by atoms with van der Waals surface area (Å²) in [5.41, 5.74) is 3.88. The number of hydrogen-bond acceptors (Lipinski definition) is 3. The predicted octanol–water partition coefficient (Wildman–Crippen LogP) is 2.63. The molecule has 0 spiro atoms. The first-order chi connectivity index (χ1) is 10.6. The zero-order valence-corrected chi connectivity index (χ0v) is 14.7. The van der Waals surface area contributed by atoms with Crippen molar-refractivity contribution in [1.82, 2.24) is 5.32 Å². The maximum Gasteiger partial charge on any atom is 0.188 e. The topological polar surface area (TPSA) is 30.5 Å². The van der Waals surface area contributed by atoms with E-state index in [1.165, 1.54) is 27.3 Å². The number of benzene rings is 2. The van der Waals surface area contributed by atoms with Crippen molar-refractivity contribution in [1.29, 1.82) is 0 Å². The molecular formula is C18H24NO2P. The number of hydrogen-bond donors (Lipinski definition) is 1. The van der Waals surface area contributed by atoms with Crippen LogP contribution in [0.4, 0.5) is 0 Å². The van der Waals surface area contributed by atoms with Gasteiger partial charge in [0.15, 0.2) is 6.79 Å². The van der Waals surface area contributed by atoms with E-state index in [9.17, 15) is 0 Å². The van der Waals surface area contributed by atoms with Crippen LogP contribution < -0.4 is 20.7 Å². The van der Waals surface area contributed by atoms with E-state index < -0.39 is 0 Å². The Bertz CT molecular complexity index is 628. The number of aryl methyl sites for hydroxylation is 2. The molecule has 1 atom stereocenters. The molecule has 2 aromatic carbocycles. The van der Waals surface area contributed by atoms with Gasteiger partial charge in [-0.1, -0.05) is 44.0 Å². The summed E-state index contributed by atoms with van der Waals surface area (Å²) in [4.78, 5) is 0. The maximum atomic E-state index is 5.71. The van der Waals surface area contributed by atoms with Gasteiger partial charge in [-0.3, -0.25) is 0 Å². The Morgan fingerprint density at radius 2 is 1.73 bits per heavy atom. The first-order valence-corrected chi connectivity index (χ1v) is 8.37. The minimum absolute atomic E-state index is 0.276. The Morgan fingerprint density at radius 3 is 2.45 bits per heavy atom. The minimum Gasteiger partial charge on any atom is -0.467 e. The monoisotopic (exact) mass is 317 g/mol. The number of methoxy groups -OCH3 is 1. The summed E-state index contributed by atoms with van der Waals surface area (Å²) in [6.45, 7) is 5.39. The molecule has 0 heterocycles. The molecular weight excluding hydrogens is 293 g/mol. The second-order valence-corrected chi connectivity index (χ2v) is 6.69. The van der Waals surface area contributed by atoms with Crippen LogP contribution in [0.1, 0.15) is 16.7 Å². The quantitative estimate of drug-likeness (QED) is 0.629. The van der Waals surface area contributed by atoms with Crippen LogP contribution in [0.5, 0.6) is 5.75 Å². The second kappa shape index (κ2) is 8.28. The van der Waals surface area contributed by atoms with Crippen LogP contribution in [-0.4, -0.2) is 21.0 Å². The van der Waals surface area contributed by atoms with Crippen LogP contribution in [0.2, 0.25) is 0 Å². The van der Waals surface area contributed by atoms with Gasteiger partial charge in [0.05, 0.1) is 0 Å². The van der Waals surface area contributed by atoms with Crippen LogP contribution in [0, 0.1) is 13.8 Å². The van der Waals surface area contributed by atoms with Crippen molar-refractivity contribution in [2.24, 2.45) is 0 Å². The molecule has 1 unspecified atom stereocenters. The Balaban J connectivity index is 2.31. The van der Waals surface area contributed by atoms with Crippen molar-refractivity contribution >= 4 is 19.2 Å². The van der Waals surface area contributed by atoms with Gasteiger partial charge in [0.2, 0.25) is 0 Å². The Morgan fingerprint density at radius 1 is 1.00 bits per heavy atom. The van der Waals surface area contributed by atoms with E-state index in [0.29, 0.717) is 8.58 Å². The Hall–Kier alpha value is -1.41. The smallest absolute Gasteiger partial charge is 0.188 e. The van der Waals surface area contributed by atoms with Crippen LogP contribution in [0.3, 0.4) is 0 Å². The van der Waals surface area contributed by atoms with Gasteiger partial charge in [0.1, 0.15) is 5.75 Å². The average molecular weight is 317 g/mol. The Kier molecular flexibility index (Phi) is 6.38. The molecule has 1 N–H and O–H groups in total. The molecule has 2 rings (SSSR count). The first-order valence-electron chi connectivity index (χ1n) is 7.37. The summed E-state index contributed by atoms with van der Waals surface area (Å²) in [5, 5.41) is 5.83. The van der Waals surface area contributed by atoms with Crippen molar-refractivity contribution in [2.75, 3.05) is 21.0 Å². The van der Waals surface area contributed by atoms with Gasteiger partial charge in [-0.15, -0.1) is 0 Å². The van der Waals surface area contributed by atoms with Gasteiger partial charge in [-0.25, -0.2) is 0 Å². The lowest BCUT2D eigenvalue weighted by Crippen LogP contribution is -2.17. The number of rotatable bonds is 7. The predicted molar refractivity (Wildman–Crippen MR) is 95.2 cm³/mol. The molecule has 0 aliphatic heterocycles. The highest BCUT2D eigenvalue weighted by Gasteiger charge is 2.09. The minimum atomic E-state index is 0.276. The van der Waals surface area contributed by atoms with Crippen LogP contribution >= 0.6 is 8.58 Å². The first kappa shape index (κ1) is 17.0. The van der Waals surface area contributed by atoms with Crippen LogP contribution in [-0.2, 0) is 11.3 Å². The van der Waals surface area contributed by atoms with Gasteiger partial charge >= 0.3 is 0 Å². The molecule has 0 saturated carbocycles. The summed E-state index contributed by atoms with van der Waals surface area (Å²) in [7, 11) is 4.19. The van der Waals surface area contributed by atoms with Crippen molar-refractivity contribution in [2.45, 2.75) is 20.4 Å². The summed E-state index contributed by atoms with van der Waals surface area (Å²) in [6, 6.07) is 13.0. The summed E-state index contributed by atoms with van der Waals surface area (Å²) >= 11 is 0. The molecule has 0 aliphatic carbocycles. The lowest BCUT2D eigenvalue weighted by atomic mass is 10.1. The van der Waals surface area contributed by atoms with Crippen molar-refractivity contribution in [3.63, 3.8) is 0 Å². The van der Waals surface area contributed by atoms with Crippen molar-refractivity contribution in [3.8, 4) is 5.75 Å². The molecule has 118 valence electrons. The van der Waals surface area contributed by atoms with Crippen molar-refractivity contribution in [3.05, 3.63) is 53.1 Å². The largest absolute Gasteiger partial charge is 0.467 e. The highest BCUT2D eigenvalue weighted by Crippen LogP contribution is 2.22. The van der Waals surface area contributed by atoms with E-state index in [0.717, 1.165) is 12.3 Å². The zero-order valence-electron chi connectivity index (χ0n) is 13.7. The molecule has 0 aliphatic rings. The third kappa shape index (κ3) is 4.54. The van der Waals surface area contributed by atoms with Gasteiger partial charge in [0.25, 0.3) is 0 Å². The molecule has 0 aromatic heterocycles. The fourth-order valence-electron chi connectivity index (χ4n) is 2.32. The SMILES string of the molecule is CNCc1cc(C)ccc1Pc1cc(C)ccc1OCOC. The zero-order chi connectivity index (χ0) is 15.9. The number of ether oxygens (including phenoxy) is 2. The van der Waals surface area contributed by atoms with E-state index in [1.54, 1.807) is 7.11 Å². The molecule has 0 radical (unpaired) electrons. The molecule has 3 nitrogen and oxygen atoms in total. The molecule has 0 fully saturated rings. The molecule has 0 bridgehead atoms. The van der Waals surface area contributed by atoms with Gasteiger partial charge in [0, 0.05) is 19.0 Å². The summed E-state index contributed by atoms with van der Waals surface area (Å²) in [5.74, 6) is 0.904. The summed E-state index contributed by atoms with van der Waals surface area (Å²) in [6.07, 6.45) is 0. The molecule has 0 saturated heterocycles. The molecule has 2 aromatic rings. The van der Waals surface area contributed by atoms with Crippen molar-refractivity contribution < 1.29 is 9.47 Å². The van der Waals surface area contributed by atoms with E-state index in [1.807, 2.05) is 13.1 Å². The lowest BCUT2D eigenvalue weighted by molar-refractivity contribution is 0.0519. The fourth-order valence-corrected chi connectivity index (χ4v) is 3.67. The summed E-state index contributed by atoms with van der Waals surface area (Å²) < 4.78 is 10.7. The van der Waals surface area contributed by atoms with Gasteiger partial charge < -0.3 is 14.8 Å². The number of nitrogens with one attached hydrogen (secondary N) is 1. The van der Waals surface area contributed by atoms with E-state index in [4.69, 9.17) is 9.47 Å². The third-order valence-electron chi connectivity index (χ3n) is 3.36. The molecule has 4 heteroatoms. The fraction of sp³-hybridized carbons (Fsp3) is 0.333. The molecule has 22 heavy (non-hydrogen) atoms. The Labute approximate surface area is 134 Å². The van der Waals surface area contributed by atoms with Gasteiger partial charge in [-0.2, -0.15) is 0 Å². The van der Waals surface area contributed by atoms with E-state index in [2.05, 4.69) is 49.5 Å². The molecule has 0 amide bonds. The third-order valence-corrected chi connectivity index (χ3v) is 4.78. The second-order valence-electron chi connectivity index (χ2n) is 5.37. The van der Waals surface area contributed by atoms with E-state index in [-0.39, 0.29) is 6.79 Å². The van der Waals surface area contributed by atoms with Crippen LogP contribution in [0.25, 0.3) is 0 Å². The van der Waals surface area contributed by atoms with E-state index >= 15 is 0 Å². The van der Waals surface area contributed by atoms with Crippen LogP contribution in [0.15, 0.2) is 36.4 Å². The maximum absolute atomic E-state index is 5.71.